The van der Waals surface area contributed by atoms with Crippen LogP contribution in [-0.4, -0.2) is 25.9 Å². The maximum atomic E-state index is 6.28. The van der Waals surface area contributed by atoms with E-state index in [4.69, 9.17) is 15.2 Å². The van der Waals surface area contributed by atoms with Gasteiger partial charge in [0.1, 0.15) is 0 Å². The topological polar surface area (TPSA) is 44.5 Å². The molecule has 1 aromatic carbocycles. The Kier molecular flexibility index (Phi) is 6.02. The van der Waals surface area contributed by atoms with Gasteiger partial charge >= 0.3 is 0 Å². The Bertz CT molecular complexity index is 402. The molecule has 20 heavy (non-hydrogen) atoms. The van der Waals surface area contributed by atoms with Crippen molar-refractivity contribution < 1.29 is 9.47 Å². The van der Waals surface area contributed by atoms with Gasteiger partial charge in [0.25, 0.3) is 0 Å². The Morgan fingerprint density at radius 3 is 2.65 bits per heavy atom. The summed E-state index contributed by atoms with van der Waals surface area (Å²) in [5.41, 5.74) is 8.77. The summed E-state index contributed by atoms with van der Waals surface area (Å²) in [6.45, 7) is 6.76. The van der Waals surface area contributed by atoms with E-state index in [2.05, 4.69) is 38.1 Å². The minimum absolute atomic E-state index is 0.00375. The fourth-order valence-electron chi connectivity index (χ4n) is 2.72. The van der Waals surface area contributed by atoms with Gasteiger partial charge in [0.2, 0.25) is 0 Å². The van der Waals surface area contributed by atoms with Crippen molar-refractivity contribution in [3.63, 3.8) is 0 Å². The standard InChI is InChI=1S/C17H27NO2/c1-3-16(18)17(15-7-5-4-6-13(15)2)20-12-14-8-10-19-11-9-14/h4-7,14,16-17H,3,8-12,18H2,1-2H3. The molecular weight excluding hydrogens is 250 g/mol. The molecule has 1 aliphatic heterocycles. The minimum Gasteiger partial charge on any atom is -0.381 e. The van der Waals surface area contributed by atoms with Crippen molar-refractivity contribution in [1.82, 2.24) is 0 Å². The molecule has 0 bridgehead atoms. The molecule has 2 N–H and O–H groups in total. The minimum atomic E-state index is 0.00375. The summed E-state index contributed by atoms with van der Waals surface area (Å²) in [7, 11) is 0. The Labute approximate surface area is 122 Å². The van der Waals surface area contributed by atoms with E-state index in [1.165, 1.54) is 11.1 Å². The van der Waals surface area contributed by atoms with Crippen molar-refractivity contribution in [2.45, 2.75) is 45.3 Å². The molecule has 1 fully saturated rings. The molecule has 1 aliphatic rings. The van der Waals surface area contributed by atoms with Crippen LogP contribution in [0.25, 0.3) is 0 Å². The molecule has 0 spiro atoms. The quantitative estimate of drug-likeness (QED) is 0.868. The first-order valence-electron chi connectivity index (χ1n) is 7.72. The molecule has 0 amide bonds. The highest BCUT2D eigenvalue weighted by atomic mass is 16.5. The lowest BCUT2D eigenvalue weighted by molar-refractivity contribution is -0.0213. The van der Waals surface area contributed by atoms with Crippen LogP contribution < -0.4 is 5.73 Å². The van der Waals surface area contributed by atoms with Crippen molar-refractivity contribution in [3.05, 3.63) is 35.4 Å². The van der Waals surface area contributed by atoms with E-state index in [0.29, 0.717) is 5.92 Å². The molecule has 1 aromatic rings. The number of nitrogens with two attached hydrogens (primary N) is 1. The number of hydrogen-bond donors (Lipinski definition) is 1. The number of benzene rings is 1. The number of rotatable bonds is 6. The van der Waals surface area contributed by atoms with Gasteiger partial charge in [0, 0.05) is 19.3 Å². The van der Waals surface area contributed by atoms with E-state index < -0.39 is 0 Å². The van der Waals surface area contributed by atoms with Crippen molar-refractivity contribution in [3.8, 4) is 0 Å². The van der Waals surface area contributed by atoms with Crippen molar-refractivity contribution in [2.24, 2.45) is 11.7 Å². The van der Waals surface area contributed by atoms with Crippen LogP contribution in [0.4, 0.5) is 0 Å². The van der Waals surface area contributed by atoms with Crippen molar-refractivity contribution in [2.75, 3.05) is 19.8 Å². The average Bonchev–Trinajstić information content (AvgIpc) is 2.50. The van der Waals surface area contributed by atoms with E-state index in [9.17, 15) is 0 Å². The summed E-state index contributed by atoms with van der Waals surface area (Å²) >= 11 is 0. The van der Waals surface area contributed by atoms with Crippen LogP contribution in [0.1, 0.15) is 43.4 Å². The average molecular weight is 277 g/mol. The SMILES string of the molecule is CCC(N)C(OCC1CCOCC1)c1ccccc1C. The maximum absolute atomic E-state index is 6.28. The Morgan fingerprint density at radius 1 is 1.30 bits per heavy atom. The summed E-state index contributed by atoms with van der Waals surface area (Å²) in [5, 5.41) is 0. The van der Waals surface area contributed by atoms with Gasteiger partial charge in [-0.2, -0.15) is 0 Å². The normalized spacial score (nSPS) is 19.8. The summed E-state index contributed by atoms with van der Waals surface area (Å²) in [6, 6.07) is 8.44. The van der Waals surface area contributed by atoms with Crippen LogP contribution in [0.3, 0.4) is 0 Å². The summed E-state index contributed by atoms with van der Waals surface area (Å²) in [5.74, 6) is 0.610. The largest absolute Gasteiger partial charge is 0.381 e. The molecule has 0 radical (unpaired) electrons. The van der Waals surface area contributed by atoms with Crippen LogP contribution in [0.2, 0.25) is 0 Å². The first-order chi connectivity index (χ1) is 9.72. The fourth-order valence-corrected chi connectivity index (χ4v) is 2.72. The van der Waals surface area contributed by atoms with E-state index in [1.54, 1.807) is 0 Å². The molecular formula is C17H27NO2. The molecule has 2 atom stereocenters. The highest BCUT2D eigenvalue weighted by molar-refractivity contribution is 5.28. The van der Waals surface area contributed by atoms with Crippen LogP contribution in [-0.2, 0) is 9.47 Å². The molecule has 0 saturated carbocycles. The Morgan fingerprint density at radius 2 is 2.00 bits per heavy atom. The molecule has 1 heterocycles. The summed E-state index contributed by atoms with van der Waals surface area (Å²) in [6.07, 6.45) is 3.13. The van der Waals surface area contributed by atoms with Gasteiger partial charge in [-0.3, -0.25) is 0 Å². The summed E-state index contributed by atoms with van der Waals surface area (Å²) < 4.78 is 11.6. The van der Waals surface area contributed by atoms with Gasteiger partial charge in [0.15, 0.2) is 0 Å². The molecule has 3 heteroatoms. The van der Waals surface area contributed by atoms with Gasteiger partial charge in [-0.25, -0.2) is 0 Å². The van der Waals surface area contributed by atoms with E-state index >= 15 is 0 Å². The molecule has 3 nitrogen and oxygen atoms in total. The lowest BCUT2D eigenvalue weighted by Crippen LogP contribution is -2.32. The molecule has 0 aromatic heterocycles. The van der Waals surface area contributed by atoms with Gasteiger partial charge in [0.05, 0.1) is 12.7 Å². The van der Waals surface area contributed by atoms with Crippen LogP contribution in [0.5, 0.6) is 0 Å². The third kappa shape index (κ3) is 4.05. The zero-order valence-electron chi connectivity index (χ0n) is 12.7. The predicted octanol–water partition coefficient (Wildman–Crippen LogP) is 3.22. The Hall–Kier alpha value is -0.900. The second-order valence-electron chi connectivity index (χ2n) is 5.74. The first kappa shape index (κ1) is 15.5. The van der Waals surface area contributed by atoms with Crippen LogP contribution in [0, 0.1) is 12.8 Å². The molecule has 2 rings (SSSR count). The van der Waals surface area contributed by atoms with Crippen molar-refractivity contribution in [1.29, 1.82) is 0 Å². The highest BCUT2D eigenvalue weighted by Gasteiger charge is 2.23. The van der Waals surface area contributed by atoms with E-state index in [1.807, 2.05) is 0 Å². The third-order valence-corrected chi connectivity index (χ3v) is 4.21. The van der Waals surface area contributed by atoms with Gasteiger partial charge < -0.3 is 15.2 Å². The molecule has 1 saturated heterocycles. The fraction of sp³-hybridized carbons (Fsp3) is 0.647. The second kappa shape index (κ2) is 7.77. The first-order valence-corrected chi connectivity index (χ1v) is 7.72. The van der Waals surface area contributed by atoms with Crippen LogP contribution >= 0.6 is 0 Å². The lowest BCUT2D eigenvalue weighted by Gasteiger charge is -2.29. The summed E-state index contributed by atoms with van der Waals surface area (Å²) in [4.78, 5) is 0. The smallest absolute Gasteiger partial charge is 0.0978 e. The lowest BCUT2D eigenvalue weighted by atomic mass is 9.96. The zero-order valence-corrected chi connectivity index (χ0v) is 12.7. The second-order valence-corrected chi connectivity index (χ2v) is 5.74. The Balaban J connectivity index is 2.02. The highest BCUT2D eigenvalue weighted by Crippen LogP contribution is 2.27. The van der Waals surface area contributed by atoms with Crippen molar-refractivity contribution >= 4 is 0 Å². The molecule has 0 aliphatic carbocycles. The predicted molar refractivity (Wildman–Crippen MR) is 81.7 cm³/mol. The number of hydrogen-bond acceptors (Lipinski definition) is 3. The van der Waals surface area contributed by atoms with E-state index in [0.717, 1.165) is 39.1 Å². The number of aryl methyl sites for hydroxylation is 1. The zero-order chi connectivity index (χ0) is 14.4. The maximum Gasteiger partial charge on any atom is 0.0978 e. The van der Waals surface area contributed by atoms with Crippen LogP contribution in [0.15, 0.2) is 24.3 Å². The van der Waals surface area contributed by atoms with E-state index in [-0.39, 0.29) is 12.1 Å². The van der Waals surface area contributed by atoms with Gasteiger partial charge in [-0.05, 0) is 43.2 Å². The third-order valence-electron chi connectivity index (χ3n) is 4.21. The monoisotopic (exact) mass is 277 g/mol. The molecule has 112 valence electrons. The van der Waals surface area contributed by atoms with Gasteiger partial charge in [-0.15, -0.1) is 0 Å². The number of ether oxygens (including phenoxy) is 2. The van der Waals surface area contributed by atoms with Gasteiger partial charge in [-0.1, -0.05) is 31.2 Å². The molecule has 2 unspecified atom stereocenters.